The molecule has 1 aliphatic heterocycles. The zero-order chi connectivity index (χ0) is 23.6. The van der Waals surface area contributed by atoms with Gasteiger partial charge in [0.15, 0.2) is 5.82 Å². The number of carboxylic acids is 1. The minimum absolute atomic E-state index is 0.0606. The van der Waals surface area contributed by atoms with Crippen LogP contribution in [0.5, 0.6) is 0 Å². The first-order valence-corrected chi connectivity index (χ1v) is 11.1. The van der Waals surface area contributed by atoms with Gasteiger partial charge in [0, 0.05) is 42.5 Å². The Bertz CT molecular complexity index is 1160. The van der Waals surface area contributed by atoms with E-state index in [1.165, 1.54) is 6.07 Å². The number of carboxylic acid groups (broad SMARTS) is 1. The van der Waals surface area contributed by atoms with Crippen molar-refractivity contribution < 1.29 is 14.3 Å². The molecule has 1 fully saturated rings. The first kappa shape index (κ1) is 23.1. The van der Waals surface area contributed by atoms with Crippen molar-refractivity contribution in [2.75, 3.05) is 11.9 Å². The largest absolute Gasteiger partial charge is 0.481 e. The molecule has 2 aromatic heterocycles. The maximum Gasteiger partial charge on any atom is 0.310 e. The second kappa shape index (κ2) is 9.44. The second-order valence-corrected chi connectivity index (χ2v) is 9.11. The summed E-state index contributed by atoms with van der Waals surface area (Å²) in [5.41, 5.74) is 1.04. The number of aromatic nitrogens is 4. The van der Waals surface area contributed by atoms with E-state index in [-0.39, 0.29) is 17.5 Å². The lowest BCUT2D eigenvalue weighted by atomic mass is 9.72. The van der Waals surface area contributed by atoms with E-state index in [1.807, 2.05) is 19.9 Å². The molecule has 1 aliphatic rings. The van der Waals surface area contributed by atoms with E-state index in [9.17, 15) is 14.3 Å². The monoisotopic (exact) mass is 472 g/mol. The van der Waals surface area contributed by atoms with Crippen LogP contribution in [-0.4, -0.2) is 48.7 Å². The summed E-state index contributed by atoms with van der Waals surface area (Å²) in [5, 5.41) is 20.3. The first-order chi connectivity index (χ1) is 15.8. The third-order valence-corrected chi connectivity index (χ3v) is 6.50. The molecule has 174 valence electrons. The fourth-order valence-electron chi connectivity index (χ4n) is 4.44. The Morgan fingerprint density at radius 2 is 2.21 bits per heavy atom. The Labute approximate surface area is 196 Å². The molecule has 10 heteroatoms. The summed E-state index contributed by atoms with van der Waals surface area (Å²) in [4.78, 5) is 23.3. The zero-order valence-corrected chi connectivity index (χ0v) is 19.2. The first-order valence-electron chi connectivity index (χ1n) is 10.8. The van der Waals surface area contributed by atoms with Crippen molar-refractivity contribution in [1.82, 2.24) is 25.1 Å². The van der Waals surface area contributed by atoms with Crippen LogP contribution in [0.3, 0.4) is 0 Å². The molecule has 3 heterocycles. The molecule has 2 atom stereocenters. The van der Waals surface area contributed by atoms with Crippen molar-refractivity contribution in [1.29, 1.82) is 0 Å². The van der Waals surface area contributed by atoms with Crippen LogP contribution in [-0.2, 0) is 17.8 Å². The van der Waals surface area contributed by atoms with Crippen molar-refractivity contribution in [3.8, 4) is 0 Å². The molecule has 8 nitrogen and oxygen atoms in total. The van der Waals surface area contributed by atoms with Gasteiger partial charge in [0.05, 0.1) is 22.3 Å². The Kier molecular flexibility index (Phi) is 6.62. The maximum atomic E-state index is 14.4. The van der Waals surface area contributed by atoms with Gasteiger partial charge in [-0.3, -0.25) is 19.8 Å². The number of halogens is 2. The lowest BCUT2D eigenvalue weighted by molar-refractivity contribution is -0.153. The van der Waals surface area contributed by atoms with Gasteiger partial charge in [0.1, 0.15) is 11.6 Å². The molecule has 3 aromatic rings. The van der Waals surface area contributed by atoms with Crippen molar-refractivity contribution in [2.24, 2.45) is 5.41 Å². The van der Waals surface area contributed by atoms with Crippen molar-refractivity contribution >= 4 is 29.2 Å². The molecule has 3 N–H and O–H groups in total. The number of aromatic amines is 1. The van der Waals surface area contributed by atoms with Gasteiger partial charge in [0.25, 0.3) is 0 Å². The fourth-order valence-corrected chi connectivity index (χ4v) is 4.64. The van der Waals surface area contributed by atoms with Crippen LogP contribution in [0.4, 0.5) is 16.0 Å². The highest BCUT2D eigenvalue weighted by Gasteiger charge is 2.44. The van der Waals surface area contributed by atoms with Gasteiger partial charge in [-0.1, -0.05) is 23.7 Å². The Morgan fingerprint density at radius 3 is 2.91 bits per heavy atom. The average Bonchev–Trinajstić information content (AvgIpc) is 3.18. The third-order valence-electron chi connectivity index (χ3n) is 6.21. The third kappa shape index (κ3) is 5.15. The Balaban J connectivity index is 1.48. The number of hydrogen-bond acceptors (Lipinski definition) is 6. The number of benzene rings is 1. The molecule has 33 heavy (non-hydrogen) atoms. The van der Waals surface area contributed by atoms with E-state index >= 15 is 0 Å². The van der Waals surface area contributed by atoms with Crippen molar-refractivity contribution in [3.63, 3.8) is 0 Å². The minimum Gasteiger partial charge on any atom is -0.481 e. The normalized spacial score (nSPS) is 21.2. The number of aryl methyl sites for hydroxylation is 1. The molecule has 0 amide bonds. The lowest BCUT2D eigenvalue weighted by Crippen LogP contribution is -2.49. The molecule has 1 aromatic carbocycles. The highest BCUT2D eigenvalue weighted by Crippen LogP contribution is 2.39. The highest BCUT2D eigenvalue weighted by atomic mass is 35.5. The van der Waals surface area contributed by atoms with E-state index in [1.54, 1.807) is 24.5 Å². The summed E-state index contributed by atoms with van der Waals surface area (Å²) < 4.78 is 14.4. The van der Waals surface area contributed by atoms with Gasteiger partial charge in [-0.2, -0.15) is 5.10 Å². The average molecular weight is 473 g/mol. The summed E-state index contributed by atoms with van der Waals surface area (Å²) in [5.74, 6) is -0.164. The zero-order valence-electron chi connectivity index (χ0n) is 18.5. The van der Waals surface area contributed by atoms with E-state index < -0.39 is 17.2 Å². The van der Waals surface area contributed by atoms with Crippen LogP contribution in [0.25, 0.3) is 0 Å². The number of H-pyrrole nitrogens is 1. The standard InChI is InChI=1S/C23H26ClFN6O2/c1-14-8-19(30-29-14)28-20-12-26-11-17(27-20)10-23(22(32)33)6-7-31(15(2)9-23)13-16-4-3-5-18(24)21(16)25/h3-5,8,11-12,15H,6-7,9-10,13H2,1-2H3,(H,32,33)(H2,27,28,29,30)/t15-,23?/m1/s1. The second-order valence-electron chi connectivity index (χ2n) is 8.71. The molecule has 0 radical (unpaired) electrons. The number of aliphatic carboxylic acids is 1. The summed E-state index contributed by atoms with van der Waals surface area (Å²) in [6.45, 7) is 4.77. The van der Waals surface area contributed by atoms with Gasteiger partial charge in [0.2, 0.25) is 0 Å². The van der Waals surface area contributed by atoms with Crippen LogP contribution < -0.4 is 5.32 Å². The summed E-state index contributed by atoms with van der Waals surface area (Å²) in [6.07, 6.45) is 4.28. The number of anilines is 2. The molecular formula is C23H26ClFN6O2. The van der Waals surface area contributed by atoms with Crippen LogP contribution >= 0.6 is 11.6 Å². The number of likely N-dealkylation sites (tertiary alicyclic amines) is 1. The Hall–Kier alpha value is -3.04. The molecule has 0 saturated carbocycles. The van der Waals surface area contributed by atoms with Crippen molar-refractivity contribution in [3.05, 3.63) is 64.5 Å². The summed E-state index contributed by atoms with van der Waals surface area (Å²) in [6, 6.07) is 6.73. The predicted molar refractivity (Wildman–Crippen MR) is 123 cm³/mol. The van der Waals surface area contributed by atoms with Crippen LogP contribution in [0.15, 0.2) is 36.7 Å². The van der Waals surface area contributed by atoms with Gasteiger partial charge in [-0.25, -0.2) is 9.37 Å². The number of nitrogens with one attached hydrogen (secondary N) is 2. The van der Waals surface area contributed by atoms with Gasteiger partial charge in [-0.15, -0.1) is 0 Å². The van der Waals surface area contributed by atoms with E-state index in [0.29, 0.717) is 48.8 Å². The fraction of sp³-hybridized carbons (Fsp3) is 0.391. The van der Waals surface area contributed by atoms with Crippen LogP contribution in [0.2, 0.25) is 5.02 Å². The minimum atomic E-state index is -0.973. The molecule has 1 unspecified atom stereocenters. The smallest absolute Gasteiger partial charge is 0.310 e. The number of nitrogens with zero attached hydrogens (tertiary/aromatic N) is 4. The van der Waals surface area contributed by atoms with Gasteiger partial charge >= 0.3 is 5.97 Å². The number of rotatable bonds is 7. The quantitative estimate of drug-likeness (QED) is 0.469. The molecule has 0 spiro atoms. The number of hydrogen-bond donors (Lipinski definition) is 3. The summed E-state index contributed by atoms with van der Waals surface area (Å²) >= 11 is 5.92. The molecule has 0 aliphatic carbocycles. The van der Waals surface area contributed by atoms with E-state index in [0.717, 1.165) is 5.69 Å². The van der Waals surface area contributed by atoms with Crippen LogP contribution in [0.1, 0.15) is 36.7 Å². The van der Waals surface area contributed by atoms with Gasteiger partial charge < -0.3 is 10.4 Å². The molecule has 4 rings (SSSR count). The highest BCUT2D eigenvalue weighted by molar-refractivity contribution is 6.30. The topological polar surface area (TPSA) is 107 Å². The molecule has 1 saturated heterocycles. The summed E-state index contributed by atoms with van der Waals surface area (Å²) in [7, 11) is 0. The van der Waals surface area contributed by atoms with Crippen LogP contribution in [0, 0.1) is 18.2 Å². The van der Waals surface area contributed by atoms with Crippen molar-refractivity contribution in [2.45, 2.75) is 45.7 Å². The SMILES string of the molecule is Cc1cc(Nc2cncc(CC3(C(=O)O)CCN(Cc4cccc(Cl)c4F)[C@H](C)C3)n2)n[nH]1. The maximum absolute atomic E-state index is 14.4. The molecular weight excluding hydrogens is 447 g/mol. The van der Waals surface area contributed by atoms with E-state index in [4.69, 9.17) is 11.6 Å². The van der Waals surface area contributed by atoms with Gasteiger partial charge in [-0.05, 0) is 39.3 Å². The molecule has 0 bridgehead atoms. The number of carbonyl (C=O) groups is 1. The van der Waals surface area contributed by atoms with E-state index in [2.05, 4.69) is 30.4 Å². The Morgan fingerprint density at radius 1 is 1.39 bits per heavy atom. The predicted octanol–water partition coefficient (Wildman–Crippen LogP) is 4.34. The number of piperidine rings is 1. The lowest BCUT2D eigenvalue weighted by Gasteiger charge is -2.43.